The Balaban J connectivity index is 2.21. The molecular formula is C14H14N2O4S. The number of carboxylic acids is 2. The van der Waals surface area contributed by atoms with Crippen LogP contribution in [0.1, 0.15) is 18.2 Å². The molecule has 1 aliphatic heterocycles. The molecule has 0 saturated heterocycles. The summed E-state index contributed by atoms with van der Waals surface area (Å²) in [5.74, 6) is -4.01. The molecule has 21 heavy (non-hydrogen) atoms. The van der Waals surface area contributed by atoms with E-state index in [1.165, 1.54) is 11.8 Å². The van der Waals surface area contributed by atoms with E-state index in [2.05, 4.69) is 4.98 Å². The number of carbonyl (C=O) groups is 2. The predicted octanol–water partition coefficient (Wildman–Crippen LogP) is 2.03. The molecule has 0 amide bonds. The van der Waals surface area contributed by atoms with Crippen LogP contribution in [0.2, 0.25) is 0 Å². The standard InChI is InChI=1S/C14H14N2O4S/c1-21-10-6-15-5-7-4-8-2-3-9(16(8)12(7)10)11(13(17)18)14(19)20/h4-6,9,11H,2-3H2,1H3,(H,17,18)(H,19,20). The van der Waals surface area contributed by atoms with Crippen LogP contribution in [0.15, 0.2) is 23.4 Å². The molecule has 0 radical (unpaired) electrons. The van der Waals surface area contributed by atoms with E-state index in [0.29, 0.717) is 12.8 Å². The first-order valence-corrected chi connectivity index (χ1v) is 7.74. The molecule has 1 atom stereocenters. The van der Waals surface area contributed by atoms with Crippen molar-refractivity contribution in [3.63, 3.8) is 0 Å². The molecule has 7 heteroatoms. The summed E-state index contributed by atoms with van der Waals surface area (Å²) >= 11 is 1.52. The number of hydrogen-bond donors (Lipinski definition) is 2. The number of rotatable bonds is 4. The normalized spacial score (nSPS) is 17.3. The summed E-state index contributed by atoms with van der Waals surface area (Å²) in [6.07, 6.45) is 6.60. The summed E-state index contributed by atoms with van der Waals surface area (Å²) in [6.45, 7) is 0. The minimum absolute atomic E-state index is 0.532. The van der Waals surface area contributed by atoms with Gasteiger partial charge in [-0.05, 0) is 25.2 Å². The van der Waals surface area contributed by atoms with Crippen molar-refractivity contribution in [3.05, 3.63) is 24.2 Å². The fraction of sp³-hybridized carbons (Fsp3) is 0.357. The molecule has 0 aliphatic carbocycles. The van der Waals surface area contributed by atoms with Gasteiger partial charge in [-0.15, -0.1) is 11.8 Å². The van der Waals surface area contributed by atoms with Crippen LogP contribution in [0, 0.1) is 5.92 Å². The summed E-state index contributed by atoms with van der Waals surface area (Å²) in [5, 5.41) is 19.4. The van der Waals surface area contributed by atoms with E-state index in [-0.39, 0.29) is 0 Å². The molecule has 2 aromatic rings. The van der Waals surface area contributed by atoms with Crippen LogP contribution < -0.4 is 0 Å². The Kier molecular flexibility index (Phi) is 3.36. The van der Waals surface area contributed by atoms with E-state index in [0.717, 1.165) is 21.5 Å². The van der Waals surface area contributed by atoms with E-state index in [1.807, 2.05) is 16.9 Å². The van der Waals surface area contributed by atoms with E-state index in [4.69, 9.17) is 0 Å². The number of thioether (sulfide) groups is 1. The molecule has 110 valence electrons. The van der Waals surface area contributed by atoms with Gasteiger partial charge < -0.3 is 14.8 Å². The smallest absolute Gasteiger partial charge is 0.320 e. The van der Waals surface area contributed by atoms with Crippen LogP contribution in [0.5, 0.6) is 0 Å². The maximum absolute atomic E-state index is 11.3. The first kappa shape index (κ1) is 13.9. The quantitative estimate of drug-likeness (QED) is 0.663. The summed E-state index contributed by atoms with van der Waals surface area (Å²) in [6, 6.07) is 1.42. The van der Waals surface area contributed by atoms with Crippen molar-refractivity contribution < 1.29 is 19.8 Å². The van der Waals surface area contributed by atoms with Gasteiger partial charge in [0.05, 0.1) is 11.6 Å². The molecule has 2 aromatic heterocycles. The van der Waals surface area contributed by atoms with Gasteiger partial charge in [0.2, 0.25) is 0 Å². The van der Waals surface area contributed by atoms with Crippen molar-refractivity contribution in [3.8, 4) is 0 Å². The lowest BCUT2D eigenvalue weighted by atomic mass is 9.97. The zero-order valence-corrected chi connectivity index (χ0v) is 12.1. The van der Waals surface area contributed by atoms with Crippen molar-refractivity contribution >= 4 is 34.6 Å². The number of fused-ring (bicyclic) bond motifs is 3. The maximum Gasteiger partial charge on any atom is 0.320 e. The highest BCUT2D eigenvalue weighted by Crippen LogP contribution is 2.40. The number of aromatic nitrogens is 2. The number of hydrogen-bond acceptors (Lipinski definition) is 4. The van der Waals surface area contributed by atoms with Gasteiger partial charge in [-0.25, -0.2) is 0 Å². The molecule has 0 saturated carbocycles. The second kappa shape index (κ2) is 5.07. The van der Waals surface area contributed by atoms with Crippen LogP contribution in [0.25, 0.3) is 10.9 Å². The zero-order chi connectivity index (χ0) is 15.1. The maximum atomic E-state index is 11.3. The molecule has 1 unspecified atom stereocenters. The van der Waals surface area contributed by atoms with Gasteiger partial charge >= 0.3 is 11.9 Å². The minimum atomic E-state index is -1.43. The first-order valence-electron chi connectivity index (χ1n) is 6.52. The second-order valence-electron chi connectivity index (χ2n) is 5.05. The number of carboxylic acid groups (broad SMARTS) is 2. The topological polar surface area (TPSA) is 92.4 Å². The third kappa shape index (κ3) is 2.08. The summed E-state index contributed by atoms with van der Waals surface area (Å²) in [7, 11) is 0. The largest absolute Gasteiger partial charge is 0.481 e. The molecule has 0 fully saturated rings. The Labute approximate surface area is 124 Å². The van der Waals surface area contributed by atoms with Crippen molar-refractivity contribution in [2.75, 3.05) is 6.26 Å². The average molecular weight is 306 g/mol. The van der Waals surface area contributed by atoms with E-state index in [9.17, 15) is 19.8 Å². The van der Waals surface area contributed by atoms with Gasteiger partial charge in [-0.1, -0.05) is 0 Å². The molecule has 0 bridgehead atoms. The van der Waals surface area contributed by atoms with Crippen LogP contribution in [-0.2, 0) is 16.0 Å². The number of aryl methyl sites for hydroxylation is 1. The van der Waals surface area contributed by atoms with Crippen molar-refractivity contribution in [2.24, 2.45) is 5.92 Å². The third-order valence-electron chi connectivity index (χ3n) is 3.95. The number of nitrogens with zero attached hydrogens (tertiary/aromatic N) is 2. The second-order valence-corrected chi connectivity index (χ2v) is 5.89. The Morgan fingerprint density at radius 1 is 1.38 bits per heavy atom. The minimum Gasteiger partial charge on any atom is -0.481 e. The van der Waals surface area contributed by atoms with Crippen LogP contribution in [0.4, 0.5) is 0 Å². The van der Waals surface area contributed by atoms with E-state index in [1.54, 1.807) is 12.4 Å². The van der Waals surface area contributed by atoms with E-state index >= 15 is 0 Å². The van der Waals surface area contributed by atoms with Crippen LogP contribution in [0.3, 0.4) is 0 Å². The SMILES string of the molecule is CSc1cncc2cc3n(c12)C(C(C(=O)O)C(=O)O)CC3. The Morgan fingerprint density at radius 2 is 2.10 bits per heavy atom. The summed E-state index contributed by atoms with van der Waals surface area (Å²) < 4.78 is 1.88. The molecule has 0 aromatic carbocycles. The zero-order valence-electron chi connectivity index (χ0n) is 11.3. The first-order chi connectivity index (χ1) is 10.0. The fourth-order valence-electron chi connectivity index (χ4n) is 3.10. The summed E-state index contributed by atoms with van der Waals surface area (Å²) in [5.41, 5.74) is 1.87. The lowest BCUT2D eigenvalue weighted by molar-refractivity contribution is -0.156. The predicted molar refractivity (Wildman–Crippen MR) is 77.6 cm³/mol. The van der Waals surface area contributed by atoms with Crippen LogP contribution >= 0.6 is 11.8 Å². The van der Waals surface area contributed by atoms with Gasteiger partial charge in [-0.2, -0.15) is 0 Å². The third-order valence-corrected chi connectivity index (χ3v) is 4.69. The summed E-state index contributed by atoms with van der Waals surface area (Å²) in [4.78, 5) is 27.8. The highest BCUT2D eigenvalue weighted by molar-refractivity contribution is 7.98. The molecule has 2 N–H and O–H groups in total. The molecule has 6 nitrogen and oxygen atoms in total. The van der Waals surface area contributed by atoms with Gasteiger partial charge in [0, 0.05) is 28.4 Å². The molecule has 1 aliphatic rings. The van der Waals surface area contributed by atoms with Crippen LogP contribution in [-0.4, -0.2) is 38.0 Å². The van der Waals surface area contributed by atoms with Gasteiger partial charge in [0.25, 0.3) is 0 Å². The lowest BCUT2D eigenvalue weighted by Crippen LogP contribution is -2.31. The Hall–Kier alpha value is -2.02. The van der Waals surface area contributed by atoms with Crippen molar-refractivity contribution in [2.45, 2.75) is 23.8 Å². The van der Waals surface area contributed by atoms with Crippen molar-refractivity contribution in [1.29, 1.82) is 0 Å². The Bertz CT molecular complexity index is 726. The van der Waals surface area contributed by atoms with Gasteiger partial charge in [0.1, 0.15) is 0 Å². The Morgan fingerprint density at radius 3 is 2.71 bits per heavy atom. The van der Waals surface area contributed by atoms with E-state index < -0.39 is 23.9 Å². The monoisotopic (exact) mass is 306 g/mol. The van der Waals surface area contributed by atoms with Gasteiger partial charge in [0.15, 0.2) is 5.92 Å². The molecule has 0 spiro atoms. The number of pyridine rings is 1. The molecule has 3 heterocycles. The molecule has 3 rings (SSSR count). The molecular weight excluding hydrogens is 292 g/mol. The fourth-order valence-corrected chi connectivity index (χ4v) is 3.68. The lowest BCUT2D eigenvalue weighted by Gasteiger charge is -2.20. The van der Waals surface area contributed by atoms with Gasteiger partial charge in [-0.3, -0.25) is 14.6 Å². The highest BCUT2D eigenvalue weighted by Gasteiger charge is 2.40. The highest BCUT2D eigenvalue weighted by atomic mass is 32.2. The van der Waals surface area contributed by atoms with Crippen molar-refractivity contribution in [1.82, 2.24) is 9.55 Å². The average Bonchev–Trinajstić information content (AvgIpc) is 2.97. The number of aliphatic carboxylic acids is 2.